The molecule has 2 heterocycles. The molecule has 0 bridgehead atoms. The molecule has 0 aromatic carbocycles. The number of carbonyl (C=O) groups excluding carboxylic acids is 1. The van der Waals surface area contributed by atoms with Gasteiger partial charge in [-0.2, -0.15) is 0 Å². The molecule has 2 rings (SSSR count). The minimum Gasteiger partial charge on any atom is -0.480 e. The zero-order chi connectivity index (χ0) is 13.7. The van der Waals surface area contributed by atoms with E-state index in [4.69, 9.17) is 4.74 Å². The topological polar surface area (TPSA) is 75.6 Å². The van der Waals surface area contributed by atoms with Crippen LogP contribution in [0.3, 0.4) is 0 Å². The molecule has 0 atom stereocenters. The van der Waals surface area contributed by atoms with Crippen molar-refractivity contribution >= 4 is 23.2 Å². The van der Waals surface area contributed by atoms with Gasteiger partial charge < -0.3 is 15.2 Å². The number of rotatable bonds is 5. The molecule has 1 aliphatic rings. The van der Waals surface area contributed by atoms with Crippen LogP contribution in [-0.4, -0.2) is 35.7 Å². The highest BCUT2D eigenvalue weighted by molar-refractivity contribution is 7.09. The smallest absolute Gasteiger partial charge is 0.329 e. The van der Waals surface area contributed by atoms with Gasteiger partial charge in [0.05, 0.1) is 0 Å². The SMILES string of the molecule is O=C(CCc1cccs1)NC1(C(=O)O)CCOCC1. The lowest BCUT2D eigenvalue weighted by atomic mass is 9.90. The summed E-state index contributed by atoms with van der Waals surface area (Å²) < 4.78 is 5.16. The van der Waals surface area contributed by atoms with E-state index in [-0.39, 0.29) is 5.91 Å². The summed E-state index contributed by atoms with van der Waals surface area (Å²) in [5, 5.41) is 14.0. The standard InChI is InChI=1S/C13H17NO4S/c15-11(4-3-10-2-1-9-19-10)14-13(12(16)17)5-7-18-8-6-13/h1-2,9H,3-8H2,(H,14,15)(H,16,17). The Hall–Kier alpha value is -1.40. The molecule has 1 aromatic rings. The molecular weight excluding hydrogens is 266 g/mol. The fraction of sp³-hybridized carbons (Fsp3) is 0.538. The summed E-state index contributed by atoms with van der Waals surface area (Å²) in [7, 11) is 0. The number of carbonyl (C=O) groups is 2. The van der Waals surface area contributed by atoms with E-state index < -0.39 is 11.5 Å². The third kappa shape index (κ3) is 3.54. The van der Waals surface area contributed by atoms with Crippen LogP contribution in [0.25, 0.3) is 0 Å². The summed E-state index contributed by atoms with van der Waals surface area (Å²) in [6.45, 7) is 0.745. The Morgan fingerprint density at radius 3 is 2.74 bits per heavy atom. The van der Waals surface area contributed by atoms with Crippen LogP contribution in [0, 0.1) is 0 Å². The van der Waals surface area contributed by atoms with Gasteiger partial charge in [0.2, 0.25) is 5.91 Å². The van der Waals surface area contributed by atoms with Crippen molar-refractivity contribution in [3.05, 3.63) is 22.4 Å². The van der Waals surface area contributed by atoms with Gasteiger partial charge in [0.25, 0.3) is 0 Å². The lowest BCUT2D eigenvalue weighted by Crippen LogP contribution is -2.57. The largest absolute Gasteiger partial charge is 0.480 e. The number of nitrogens with one attached hydrogen (secondary N) is 1. The van der Waals surface area contributed by atoms with Crippen LogP contribution in [0.1, 0.15) is 24.1 Å². The number of hydrogen-bond donors (Lipinski definition) is 2. The summed E-state index contributed by atoms with van der Waals surface area (Å²) >= 11 is 1.60. The molecule has 1 aliphatic heterocycles. The Balaban J connectivity index is 1.90. The highest BCUT2D eigenvalue weighted by Crippen LogP contribution is 2.21. The van der Waals surface area contributed by atoms with E-state index in [1.165, 1.54) is 0 Å². The van der Waals surface area contributed by atoms with Crippen LogP contribution in [0.2, 0.25) is 0 Å². The van der Waals surface area contributed by atoms with E-state index in [0.29, 0.717) is 38.9 Å². The van der Waals surface area contributed by atoms with Crippen molar-refractivity contribution in [2.45, 2.75) is 31.2 Å². The average Bonchev–Trinajstić information content (AvgIpc) is 2.90. The van der Waals surface area contributed by atoms with Gasteiger partial charge in [-0.1, -0.05) is 6.07 Å². The van der Waals surface area contributed by atoms with Gasteiger partial charge in [0, 0.05) is 37.4 Å². The van der Waals surface area contributed by atoms with Gasteiger partial charge in [0.15, 0.2) is 0 Å². The third-order valence-corrected chi connectivity index (χ3v) is 4.25. The fourth-order valence-electron chi connectivity index (χ4n) is 2.13. The van der Waals surface area contributed by atoms with E-state index in [2.05, 4.69) is 5.32 Å². The fourth-order valence-corrected chi connectivity index (χ4v) is 2.84. The van der Waals surface area contributed by atoms with Gasteiger partial charge in [-0.05, 0) is 17.9 Å². The molecule has 0 unspecified atom stereocenters. The molecule has 104 valence electrons. The molecule has 1 fully saturated rings. The molecule has 6 heteroatoms. The molecule has 5 nitrogen and oxygen atoms in total. The minimum atomic E-state index is -1.15. The second-order valence-electron chi connectivity index (χ2n) is 4.63. The van der Waals surface area contributed by atoms with Crippen molar-refractivity contribution in [3.63, 3.8) is 0 Å². The maximum Gasteiger partial charge on any atom is 0.329 e. The lowest BCUT2D eigenvalue weighted by molar-refractivity contribution is -0.152. The Kier molecular flexibility index (Phi) is 4.55. The summed E-state index contributed by atoms with van der Waals surface area (Å²) in [5.41, 5.74) is -1.15. The quantitative estimate of drug-likeness (QED) is 0.857. The van der Waals surface area contributed by atoms with Crippen molar-refractivity contribution in [1.82, 2.24) is 5.32 Å². The van der Waals surface area contributed by atoms with Crippen molar-refractivity contribution < 1.29 is 19.4 Å². The summed E-state index contributed by atoms with van der Waals surface area (Å²) in [6.07, 6.45) is 1.62. The zero-order valence-electron chi connectivity index (χ0n) is 10.6. The van der Waals surface area contributed by atoms with Crippen molar-refractivity contribution in [1.29, 1.82) is 0 Å². The number of aliphatic carboxylic acids is 1. The Labute approximate surface area is 115 Å². The van der Waals surface area contributed by atoms with Gasteiger partial charge in [-0.25, -0.2) is 4.79 Å². The highest BCUT2D eigenvalue weighted by atomic mass is 32.1. The first-order chi connectivity index (χ1) is 9.12. The first-order valence-corrected chi connectivity index (χ1v) is 7.15. The second kappa shape index (κ2) is 6.16. The summed E-state index contributed by atoms with van der Waals surface area (Å²) in [4.78, 5) is 24.4. The van der Waals surface area contributed by atoms with Crippen LogP contribution in [0.4, 0.5) is 0 Å². The Morgan fingerprint density at radius 2 is 2.16 bits per heavy atom. The molecule has 1 aromatic heterocycles. The van der Waals surface area contributed by atoms with E-state index in [9.17, 15) is 14.7 Å². The molecular formula is C13H17NO4S. The van der Waals surface area contributed by atoms with E-state index in [0.717, 1.165) is 4.88 Å². The van der Waals surface area contributed by atoms with E-state index in [1.54, 1.807) is 11.3 Å². The molecule has 0 aliphatic carbocycles. The molecule has 2 N–H and O–H groups in total. The normalized spacial score (nSPS) is 17.9. The van der Waals surface area contributed by atoms with Crippen molar-refractivity contribution in [3.8, 4) is 0 Å². The van der Waals surface area contributed by atoms with E-state index in [1.807, 2.05) is 17.5 Å². The number of ether oxygens (including phenoxy) is 1. The number of carboxylic acid groups (broad SMARTS) is 1. The number of hydrogen-bond acceptors (Lipinski definition) is 4. The minimum absolute atomic E-state index is 0.210. The van der Waals surface area contributed by atoms with Crippen molar-refractivity contribution in [2.75, 3.05) is 13.2 Å². The lowest BCUT2D eigenvalue weighted by Gasteiger charge is -2.33. The zero-order valence-corrected chi connectivity index (χ0v) is 11.4. The average molecular weight is 283 g/mol. The first-order valence-electron chi connectivity index (χ1n) is 6.27. The molecule has 1 amide bonds. The Bertz CT molecular complexity index is 438. The van der Waals surface area contributed by atoms with Crippen molar-refractivity contribution in [2.24, 2.45) is 0 Å². The van der Waals surface area contributed by atoms with Gasteiger partial charge >= 0.3 is 5.97 Å². The summed E-state index contributed by atoms with van der Waals surface area (Å²) in [5.74, 6) is -1.18. The first kappa shape index (κ1) is 14.0. The second-order valence-corrected chi connectivity index (χ2v) is 5.66. The van der Waals surface area contributed by atoms with Crippen LogP contribution in [0.5, 0.6) is 0 Å². The van der Waals surface area contributed by atoms with Gasteiger partial charge in [0.1, 0.15) is 5.54 Å². The predicted molar refractivity (Wildman–Crippen MR) is 71.2 cm³/mol. The number of carboxylic acids is 1. The van der Waals surface area contributed by atoms with Crippen LogP contribution >= 0.6 is 11.3 Å². The third-order valence-electron chi connectivity index (χ3n) is 3.31. The maximum atomic E-state index is 11.9. The molecule has 0 radical (unpaired) electrons. The number of thiophene rings is 1. The summed E-state index contributed by atoms with van der Waals surface area (Å²) in [6, 6.07) is 3.91. The maximum absolute atomic E-state index is 11.9. The van der Waals surface area contributed by atoms with Gasteiger partial charge in [-0.3, -0.25) is 4.79 Å². The van der Waals surface area contributed by atoms with Crippen LogP contribution in [0.15, 0.2) is 17.5 Å². The highest BCUT2D eigenvalue weighted by Gasteiger charge is 2.41. The molecule has 1 saturated heterocycles. The van der Waals surface area contributed by atoms with Crippen LogP contribution < -0.4 is 5.32 Å². The molecule has 19 heavy (non-hydrogen) atoms. The predicted octanol–water partition coefficient (Wildman–Crippen LogP) is 1.43. The number of amides is 1. The molecule has 0 saturated carbocycles. The Morgan fingerprint density at radius 1 is 1.42 bits per heavy atom. The van der Waals surface area contributed by atoms with Crippen LogP contribution in [-0.2, 0) is 20.7 Å². The molecule has 0 spiro atoms. The van der Waals surface area contributed by atoms with E-state index >= 15 is 0 Å². The monoisotopic (exact) mass is 283 g/mol. The number of aryl methyl sites for hydroxylation is 1. The van der Waals surface area contributed by atoms with Gasteiger partial charge in [-0.15, -0.1) is 11.3 Å².